The number of benzene rings is 1. The van der Waals surface area contributed by atoms with Gasteiger partial charge in [-0.1, -0.05) is 24.8 Å². The molecule has 0 bridgehead atoms. The highest BCUT2D eigenvalue weighted by Crippen LogP contribution is 2.09. The quantitative estimate of drug-likeness (QED) is 0.738. The van der Waals surface area contributed by atoms with Gasteiger partial charge >= 0.3 is 0 Å². The van der Waals surface area contributed by atoms with Gasteiger partial charge in [0.25, 0.3) is 0 Å². The lowest BCUT2D eigenvalue weighted by Gasteiger charge is -2.01. The molecule has 6 heteroatoms. The molecule has 1 heterocycles. The van der Waals surface area contributed by atoms with Crippen LogP contribution in [0.25, 0.3) is 5.69 Å². The predicted molar refractivity (Wildman–Crippen MR) is 59.2 cm³/mol. The first-order valence-electron chi connectivity index (χ1n) is 4.58. The lowest BCUT2D eigenvalue weighted by atomic mass is 10.1. The first-order valence-corrected chi connectivity index (χ1v) is 5.02. The summed E-state index contributed by atoms with van der Waals surface area (Å²) in [4.78, 5) is 1.45. The Morgan fingerprint density at radius 2 is 2.27 bits per heavy atom. The number of hydrogen-bond acceptors (Lipinski definition) is 5. The molecule has 0 radical (unpaired) electrons. The third kappa shape index (κ3) is 2.34. The van der Waals surface area contributed by atoms with Crippen LogP contribution in [0, 0.1) is 0 Å². The Bertz CT molecular complexity index is 453. The van der Waals surface area contributed by atoms with Crippen molar-refractivity contribution in [3.63, 3.8) is 0 Å². The summed E-state index contributed by atoms with van der Waals surface area (Å²) in [6.45, 7) is 0.631. The molecule has 0 atom stereocenters. The van der Waals surface area contributed by atoms with Crippen molar-refractivity contribution in [1.82, 2.24) is 20.2 Å². The van der Waals surface area contributed by atoms with E-state index in [9.17, 15) is 0 Å². The second kappa shape index (κ2) is 4.41. The van der Waals surface area contributed by atoms with Crippen molar-refractivity contribution in [2.24, 2.45) is 5.73 Å². The van der Waals surface area contributed by atoms with Crippen LogP contribution in [0.2, 0.25) is 0 Å². The topological polar surface area (TPSA) is 69.6 Å². The molecule has 2 N–H and O–H groups in total. The Morgan fingerprint density at radius 1 is 1.40 bits per heavy atom. The fourth-order valence-electron chi connectivity index (χ4n) is 1.32. The van der Waals surface area contributed by atoms with Crippen molar-refractivity contribution < 1.29 is 0 Å². The first-order chi connectivity index (χ1) is 7.29. The zero-order valence-electron chi connectivity index (χ0n) is 8.04. The second-order valence-electron chi connectivity index (χ2n) is 3.09. The molecule has 1 aromatic heterocycles. The molecule has 0 saturated heterocycles. The minimum absolute atomic E-state index is 0.360. The highest BCUT2D eigenvalue weighted by Gasteiger charge is 2.01. The molecule has 0 aliphatic carbocycles. The van der Waals surface area contributed by atoms with Gasteiger partial charge in [-0.2, -0.15) is 0 Å². The fourth-order valence-corrected chi connectivity index (χ4v) is 1.44. The predicted octanol–water partition coefficient (Wildman–Crippen LogP) is 0.452. The van der Waals surface area contributed by atoms with Gasteiger partial charge in [0.05, 0.1) is 5.69 Å². The van der Waals surface area contributed by atoms with Gasteiger partial charge in [0.2, 0.25) is 5.16 Å². The summed E-state index contributed by atoms with van der Waals surface area (Å²) in [7, 11) is 0. The molecule has 0 aliphatic rings. The van der Waals surface area contributed by atoms with E-state index >= 15 is 0 Å². The lowest BCUT2D eigenvalue weighted by molar-refractivity contribution is 0.715. The number of tetrazole rings is 1. The van der Waals surface area contributed by atoms with E-state index < -0.39 is 0 Å². The molecule has 5 nitrogen and oxygen atoms in total. The summed E-state index contributed by atoms with van der Waals surface area (Å²) in [6, 6.07) is 7.87. The van der Waals surface area contributed by atoms with E-state index in [0.29, 0.717) is 11.7 Å². The zero-order chi connectivity index (χ0) is 10.7. The number of aromatic nitrogens is 4. The highest BCUT2D eigenvalue weighted by atomic mass is 32.1. The van der Waals surface area contributed by atoms with E-state index in [0.717, 1.165) is 17.7 Å². The average molecular weight is 221 g/mol. The van der Waals surface area contributed by atoms with Crippen molar-refractivity contribution in [2.75, 3.05) is 6.54 Å². The maximum atomic E-state index is 5.49. The Morgan fingerprint density at radius 3 is 2.93 bits per heavy atom. The van der Waals surface area contributed by atoms with Gasteiger partial charge in [-0.3, -0.25) is 0 Å². The third-order valence-electron chi connectivity index (χ3n) is 1.98. The van der Waals surface area contributed by atoms with Crippen LogP contribution < -0.4 is 5.73 Å². The lowest BCUT2D eigenvalue weighted by Crippen LogP contribution is -2.04. The summed E-state index contributed by atoms with van der Waals surface area (Å²) in [5.41, 5.74) is 7.52. The molecule has 2 aromatic rings. The normalized spacial score (nSPS) is 10.5. The molecule has 1 aromatic carbocycles. The van der Waals surface area contributed by atoms with E-state index in [1.807, 2.05) is 24.3 Å². The number of nitrogens with zero attached hydrogens (tertiary/aromatic N) is 4. The van der Waals surface area contributed by atoms with E-state index in [2.05, 4.69) is 28.0 Å². The van der Waals surface area contributed by atoms with Crippen molar-refractivity contribution >= 4 is 12.6 Å². The summed E-state index contributed by atoms with van der Waals surface area (Å²) in [6.07, 6.45) is 0.844. The molecule has 2 rings (SSSR count). The van der Waals surface area contributed by atoms with Crippen LogP contribution in [0.1, 0.15) is 5.56 Å². The van der Waals surface area contributed by atoms with Crippen LogP contribution in [0.3, 0.4) is 0 Å². The molecule has 78 valence electrons. The van der Waals surface area contributed by atoms with Crippen LogP contribution in [0.4, 0.5) is 0 Å². The molecule has 0 fully saturated rings. The molecule has 0 spiro atoms. The van der Waals surface area contributed by atoms with Crippen LogP contribution in [0.5, 0.6) is 0 Å². The van der Waals surface area contributed by atoms with Gasteiger partial charge < -0.3 is 5.73 Å². The minimum atomic E-state index is 0.360. The molecular weight excluding hydrogens is 210 g/mol. The number of hydrogen-bond donors (Lipinski definition) is 2. The Balaban J connectivity index is 2.32. The fraction of sp³-hybridized carbons (Fsp3) is 0.222. The largest absolute Gasteiger partial charge is 0.330 e. The number of nitrogens with two attached hydrogens (primary N) is 1. The van der Waals surface area contributed by atoms with Crippen LogP contribution in [-0.2, 0) is 6.42 Å². The highest BCUT2D eigenvalue weighted by molar-refractivity contribution is 7.80. The van der Waals surface area contributed by atoms with E-state index in [1.165, 1.54) is 4.80 Å². The van der Waals surface area contributed by atoms with Gasteiger partial charge in [-0.25, -0.2) is 0 Å². The van der Waals surface area contributed by atoms with Gasteiger partial charge in [-0.05, 0) is 35.9 Å². The average Bonchev–Trinajstić information content (AvgIpc) is 2.66. The van der Waals surface area contributed by atoms with Crippen LogP contribution in [-0.4, -0.2) is 26.8 Å². The molecule has 0 amide bonds. The standard InChI is InChI=1S/C9H11N5S/c10-5-4-7-2-1-3-8(6-7)14-12-9(15)11-13-14/h1-3,6H,4-5,10H2,(H,12,15). The Hall–Kier alpha value is -1.40. The molecule has 0 saturated carbocycles. The number of rotatable bonds is 3. The van der Waals surface area contributed by atoms with Crippen molar-refractivity contribution in [3.8, 4) is 5.69 Å². The maximum Gasteiger partial charge on any atom is 0.228 e. The van der Waals surface area contributed by atoms with Gasteiger partial charge in [0.15, 0.2) is 0 Å². The Labute approximate surface area is 92.7 Å². The molecule has 15 heavy (non-hydrogen) atoms. The summed E-state index contributed by atoms with van der Waals surface area (Å²) in [5, 5.41) is 11.9. The Kier molecular flexibility index (Phi) is 2.98. The van der Waals surface area contributed by atoms with Crippen LogP contribution in [0.15, 0.2) is 29.4 Å². The summed E-state index contributed by atoms with van der Waals surface area (Å²) >= 11 is 4.00. The van der Waals surface area contributed by atoms with E-state index in [-0.39, 0.29) is 0 Å². The smallest absolute Gasteiger partial charge is 0.228 e. The van der Waals surface area contributed by atoms with E-state index in [1.54, 1.807) is 0 Å². The zero-order valence-corrected chi connectivity index (χ0v) is 8.93. The van der Waals surface area contributed by atoms with Gasteiger partial charge in [-0.15, -0.1) is 15.0 Å². The van der Waals surface area contributed by atoms with E-state index in [4.69, 9.17) is 5.73 Å². The van der Waals surface area contributed by atoms with Gasteiger partial charge in [0, 0.05) is 0 Å². The van der Waals surface area contributed by atoms with Crippen molar-refractivity contribution in [1.29, 1.82) is 0 Å². The van der Waals surface area contributed by atoms with Crippen molar-refractivity contribution in [2.45, 2.75) is 11.6 Å². The van der Waals surface area contributed by atoms with Crippen LogP contribution >= 0.6 is 12.6 Å². The first kappa shape index (κ1) is 10.1. The van der Waals surface area contributed by atoms with Crippen molar-refractivity contribution in [3.05, 3.63) is 29.8 Å². The second-order valence-corrected chi connectivity index (χ2v) is 3.49. The summed E-state index contributed by atoms with van der Waals surface area (Å²) < 4.78 is 0. The maximum absolute atomic E-state index is 5.49. The summed E-state index contributed by atoms with van der Waals surface area (Å²) in [5.74, 6) is 0. The third-order valence-corrected chi connectivity index (χ3v) is 2.16. The molecular formula is C9H11N5S. The monoisotopic (exact) mass is 221 g/mol. The number of thiol groups is 1. The van der Waals surface area contributed by atoms with Gasteiger partial charge in [0.1, 0.15) is 0 Å². The SMILES string of the molecule is NCCc1cccc(-n2nnc(S)n2)c1. The molecule has 0 aliphatic heterocycles. The minimum Gasteiger partial charge on any atom is -0.330 e. The molecule has 0 unspecified atom stereocenters.